The zero-order valence-electron chi connectivity index (χ0n) is 32.6. The van der Waals surface area contributed by atoms with Crippen LogP contribution in [0, 0.1) is 0 Å². The molecular formula is C57H36O2. The maximum atomic E-state index is 6.44. The number of benzene rings is 10. The molecule has 2 nitrogen and oxygen atoms in total. The maximum absolute atomic E-state index is 6.44. The van der Waals surface area contributed by atoms with E-state index >= 15 is 0 Å². The topological polar surface area (TPSA) is 26.3 Å². The quantitative estimate of drug-likeness (QED) is 0.168. The summed E-state index contributed by atoms with van der Waals surface area (Å²) < 4.78 is 12.7. The Morgan fingerprint density at radius 1 is 0.288 bits per heavy atom. The minimum atomic E-state index is -0.0400. The van der Waals surface area contributed by atoms with Crippen LogP contribution in [0.1, 0.15) is 25.0 Å². The molecule has 0 saturated heterocycles. The number of fused-ring (bicyclic) bond motifs is 15. The Labute approximate surface area is 340 Å². The van der Waals surface area contributed by atoms with Crippen molar-refractivity contribution in [2.75, 3.05) is 0 Å². The Kier molecular flexibility index (Phi) is 6.54. The van der Waals surface area contributed by atoms with E-state index in [1.54, 1.807) is 0 Å². The third-order valence-electron chi connectivity index (χ3n) is 13.3. The number of hydrogen-bond donors (Lipinski definition) is 0. The largest absolute Gasteiger partial charge is 0.456 e. The molecule has 59 heavy (non-hydrogen) atoms. The highest BCUT2D eigenvalue weighted by Crippen LogP contribution is 2.52. The van der Waals surface area contributed by atoms with Crippen LogP contribution in [0.15, 0.2) is 191 Å². The van der Waals surface area contributed by atoms with E-state index in [0.29, 0.717) is 0 Å². The lowest BCUT2D eigenvalue weighted by Crippen LogP contribution is -2.14. The van der Waals surface area contributed by atoms with E-state index in [1.165, 1.54) is 82.4 Å². The summed E-state index contributed by atoms with van der Waals surface area (Å²) in [7, 11) is 0. The zero-order valence-corrected chi connectivity index (χ0v) is 32.6. The van der Waals surface area contributed by atoms with Gasteiger partial charge in [0, 0.05) is 27.0 Å². The van der Waals surface area contributed by atoms with Gasteiger partial charge < -0.3 is 8.83 Å². The first-order valence-corrected chi connectivity index (χ1v) is 20.5. The molecule has 10 aromatic carbocycles. The van der Waals surface area contributed by atoms with Crippen molar-refractivity contribution in [3.63, 3.8) is 0 Å². The summed E-state index contributed by atoms with van der Waals surface area (Å²) in [5.74, 6) is 0. The molecule has 0 bridgehead atoms. The molecule has 2 heteroatoms. The summed E-state index contributed by atoms with van der Waals surface area (Å²) >= 11 is 0. The lowest BCUT2D eigenvalue weighted by molar-refractivity contribution is 0.660. The molecule has 12 aromatic rings. The van der Waals surface area contributed by atoms with Gasteiger partial charge in [-0.25, -0.2) is 0 Å². The van der Waals surface area contributed by atoms with E-state index in [4.69, 9.17) is 8.83 Å². The third-order valence-corrected chi connectivity index (χ3v) is 13.3. The summed E-state index contributed by atoms with van der Waals surface area (Å²) in [6, 6.07) is 66.7. The minimum absolute atomic E-state index is 0.0400. The number of hydrogen-bond acceptors (Lipinski definition) is 2. The average molecular weight is 753 g/mol. The molecule has 13 rings (SSSR count). The normalized spacial score (nSPS) is 13.4. The zero-order chi connectivity index (χ0) is 39.0. The first kappa shape index (κ1) is 32.6. The van der Waals surface area contributed by atoms with Gasteiger partial charge >= 0.3 is 0 Å². The molecule has 0 N–H and O–H groups in total. The van der Waals surface area contributed by atoms with Crippen LogP contribution >= 0.6 is 0 Å². The summed E-state index contributed by atoms with van der Waals surface area (Å²) in [5.41, 5.74) is 16.2. The standard InChI is InChI=1S/C57H36O2/c1-57(2)50-19-9-7-17-44(50)56-38(18-11-20-51(56)57)35-23-26-42-41-25-22-33(28-45(41)39-14-5-6-15-40(39)46(42)29-35)36-12-3-4-13-37(36)34-24-27-53-47(30-34)49-32-54-48(31-55(49)59-53)43-16-8-10-21-52(43)58-54/h3-32H,1-2H3. The van der Waals surface area contributed by atoms with Gasteiger partial charge in [-0.05, 0) is 130 Å². The van der Waals surface area contributed by atoms with Gasteiger partial charge in [-0.1, -0.05) is 153 Å². The Hall–Kier alpha value is -7.42. The first-order valence-electron chi connectivity index (χ1n) is 20.5. The average Bonchev–Trinajstić information content (AvgIpc) is 3.91. The van der Waals surface area contributed by atoms with Gasteiger partial charge in [0.15, 0.2) is 0 Å². The maximum Gasteiger partial charge on any atom is 0.136 e. The van der Waals surface area contributed by atoms with Gasteiger partial charge in [0.2, 0.25) is 0 Å². The highest BCUT2D eigenvalue weighted by atomic mass is 16.3. The third kappa shape index (κ3) is 4.57. The summed E-state index contributed by atoms with van der Waals surface area (Å²) in [4.78, 5) is 0. The molecule has 2 aromatic heterocycles. The van der Waals surface area contributed by atoms with Crippen LogP contribution in [-0.2, 0) is 5.41 Å². The molecule has 0 spiro atoms. The predicted molar refractivity (Wildman–Crippen MR) is 247 cm³/mol. The lowest BCUT2D eigenvalue weighted by Gasteiger charge is -2.21. The molecule has 2 heterocycles. The summed E-state index contributed by atoms with van der Waals surface area (Å²) in [6.45, 7) is 4.71. The minimum Gasteiger partial charge on any atom is -0.456 e. The monoisotopic (exact) mass is 752 g/mol. The summed E-state index contributed by atoms with van der Waals surface area (Å²) in [6.07, 6.45) is 0. The molecule has 0 unspecified atom stereocenters. The molecule has 0 amide bonds. The van der Waals surface area contributed by atoms with Crippen LogP contribution in [0.5, 0.6) is 0 Å². The highest BCUT2D eigenvalue weighted by Gasteiger charge is 2.36. The molecule has 276 valence electrons. The molecule has 1 aliphatic rings. The van der Waals surface area contributed by atoms with E-state index < -0.39 is 0 Å². The second-order valence-electron chi connectivity index (χ2n) is 16.8. The molecule has 1 aliphatic carbocycles. The summed E-state index contributed by atoms with van der Waals surface area (Å²) in [5, 5.41) is 11.9. The molecule has 0 atom stereocenters. The van der Waals surface area contributed by atoms with Crippen LogP contribution in [0.3, 0.4) is 0 Å². The SMILES string of the molecule is CC1(C)c2ccccc2-c2c(-c3ccc4c5ccc(-c6ccccc6-c6ccc7oc8cc9c(cc8c7c6)oc6ccccc69)cc5c5ccccc5c4c3)cccc21. The van der Waals surface area contributed by atoms with Crippen molar-refractivity contribution < 1.29 is 8.83 Å². The molecular weight excluding hydrogens is 717 g/mol. The fraction of sp³-hybridized carbons (Fsp3) is 0.0526. The fourth-order valence-corrected chi connectivity index (χ4v) is 10.4. The number of furan rings is 2. The van der Waals surface area contributed by atoms with Crippen LogP contribution in [-0.4, -0.2) is 0 Å². The first-order chi connectivity index (χ1) is 29.0. The smallest absolute Gasteiger partial charge is 0.136 e. The van der Waals surface area contributed by atoms with Crippen LogP contribution < -0.4 is 0 Å². The van der Waals surface area contributed by atoms with Crippen molar-refractivity contribution >= 4 is 76.2 Å². The molecule has 0 fully saturated rings. The van der Waals surface area contributed by atoms with Gasteiger partial charge in [-0.2, -0.15) is 0 Å². The van der Waals surface area contributed by atoms with Gasteiger partial charge in [0.25, 0.3) is 0 Å². The Morgan fingerprint density at radius 3 is 1.41 bits per heavy atom. The van der Waals surface area contributed by atoms with Crippen LogP contribution in [0.2, 0.25) is 0 Å². The molecule has 0 saturated carbocycles. The number of para-hydroxylation sites is 1. The van der Waals surface area contributed by atoms with E-state index in [0.717, 1.165) is 49.4 Å². The van der Waals surface area contributed by atoms with Gasteiger partial charge in [0.05, 0.1) is 0 Å². The second kappa shape index (κ2) is 11.8. The van der Waals surface area contributed by atoms with Crippen molar-refractivity contribution in [1.82, 2.24) is 0 Å². The highest BCUT2D eigenvalue weighted by molar-refractivity contribution is 6.26. The van der Waals surface area contributed by atoms with Crippen molar-refractivity contribution in [2.45, 2.75) is 19.3 Å². The van der Waals surface area contributed by atoms with E-state index in [2.05, 4.69) is 184 Å². The lowest BCUT2D eigenvalue weighted by atomic mass is 9.82. The van der Waals surface area contributed by atoms with E-state index in [-0.39, 0.29) is 5.41 Å². The van der Waals surface area contributed by atoms with Gasteiger partial charge in [-0.3, -0.25) is 0 Å². The predicted octanol–water partition coefficient (Wildman–Crippen LogP) is 16.3. The van der Waals surface area contributed by atoms with Crippen molar-refractivity contribution in [1.29, 1.82) is 0 Å². The van der Waals surface area contributed by atoms with E-state index in [1.807, 2.05) is 12.1 Å². The number of rotatable bonds is 3. The van der Waals surface area contributed by atoms with Crippen molar-refractivity contribution in [3.05, 3.63) is 193 Å². The Morgan fingerprint density at radius 2 is 0.729 bits per heavy atom. The fourth-order valence-electron chi connectivity index (χ4n) is 10.4. The van der Waals surface area contributed by atoms with Gasteiger partial charge in [-0.15, -0.1) is 0 Å². The van der Waals surface area contributed by atoms with Crippen LogP contribution in [0.25, 0.3) is 121 Å². The second-order valence-corrected chi connectivity index (χ2v) is 16.8. The Bertz CT molecular complexity index is 3740. The molecule has 0 radical (unpaired) electrons. The van der Waals surface area contributed by atoms with Crippen LogP contribution in [0.4, 0.5) is 0 Å². The Balaban J connectivity index is 0.959. The van der Waals surface area contributed by atoms with E-state index in [9.17, 15) is 0 Å². The van der Waals surface area contributed by atoms with Gasteiger partial charge in [0.1, 0.15) is 22.3 Å². The van der Waals surface area contributed by atoms with Crippen molar-refractivity contribution in [3.8, 4) is 44.5 Å². The molecule has 0 aliphatic heterocycles. The van der Waals surface area contributed by atoms with Crippen molar-refractivity contribution in [2.24, 2.45) is 0 Å².